The Balaban J connectivity index is 2.35. The Bertz CT molecular complexity index is 467. The minimum atomic E-state index is -4.43. The molecule has 1 N–H and O–H groups in total. The predicted octanol–water partition coefficient (Wildman–Crippen LogP) is 3.82. The summed E-state index contributed by atoms with van der Waals surface area (Å²) in [5.74, 6) is 0.391. The van der Waals surface area contributed by atoms with Crippen LogP contribution in [0.15, 0.2) is 18.2 Å². The van der Waals surface area contributed by atoms with E-state index in [1.165, 1.54) is 12.1 Å². The van der Waals surface area contributed by atoms with Crippen molar-refractivity contribution in [1.82, 2.24) is 0 Å². The number of rotatable bonds is 5. The summed E-state index contributed by atoms with van der Waals surface area (Å²) in [5.41, 5.74) is -0.195. The monoisotopic (exact) mass is 287 g/mol. The number of hydrogen-bond donors (Lipinski definition) is 1. The van der Waals surface area contributed by atoms with Crippen molar-refractivity contribution in [3.63, 3.8) is 0 Å². The fraction of sp³-hybridized carbons (Fsp3) is 0.600. The maximum atomic E-state index is 13.0. The third-order valence-corrected chi connectivity index (χ3v) is 3.45. The van der Waals surface area contributed by atoms with Crippen LogP contribution in [0.4, 0.5) is 18.9 Å². The van der Waals surface area contributed by atoms with E-state index in [1.54, 1.807) is 6.07 Å². The Morgan fingerprint density at radius 1 is 1.30 bits per heavy atom. The van der Waals surface area contributed by atoms with E-state index in [0.29, 0.717) is 17.6 Å². The van der Waals surface area contributed by atoms with E-state index in [0.717, 1.165) is 19.4 Å². The summed E-state index contributed by atoms with van der Waals surface area (Å²) in [4.78, 5) is 2.06. The molecule has 0 aliphatic heterocycles. The normalized spacial score (nSPS) is 15.8. The van der Waals surface area contributed by atoms with Gasteiger partial charge >= 0.3 is 6.18 Å². The van der Waals surface area contributed by atoms with Crippen molar-refractivity contribution in [2.75, 3.05) is 11.4 Å². The molecule has 5 heteroatoms. The van der Waals surface area contributed by atoms with E-state index in [2.05, 4.69) is 18.7 Å². The highest BCUT2D eigenvalue weighted by Gasteiger charge is 2.35. The second-order valence-electron chi connectivity index (χ2n) is 5.77. The minimum absolute atomic E-state index is 0.0680. The van der Waals surface area contributed by atoms with Crippen LogP contribution in [0.3, 0.4) is 0 Å². The first-order valence-corrected chi connectivity index (χ1v) is 6.90. The highest BCUT2D eigenvalue weighted by atomic mass is 19.4. The molecule has 112 valence electrons. The van der Waals surface area contributed by atoms with Crippen molar-refractivity contribution in [3.8, 4) is 0 Å². The van der Waals surface area contributed by atoms with Gasteiger partial charge in [-0.15, -0.1) is 0 Å². The van der Waals surface area contributed by atoms with Crippen molar-refractivity contribution in [1.29, 1.82) is 0 Å². The SMILES string of the molecule is CC(C)CN(c1ccc(CO)c(C(F)(F)F)c1)C1CC1. The molecule has 1 aliphatic rings. The Kier molecular flexibility index (Phi) is 4.28. The maximum absolute atomic E-state index is 13.0. The van der Waals surface area contributed by atoms with Gasteiger partial charge < -0.3 is 10.0 Å². The zero-order valence-electron chi connectivity index (χ0n) is 11.7. The van der Waals surface area contributed by atoms with Crippen molar-refractivity contribution in [3.05, 3.63) is 29.3 Å². The molecular formula is C15H20F3NO. The first-order chi connectivity index (χ1) is 9.32. The highest BCUT2D eigenvalue weighted by Crippen LogP contribution is 2.38. The topological polar surface area (TPSA) is 23.5 Å². The average molecular weight is 287 g/mol. The lowest BCUT2D eigenvalue weighted by Crippen LogP contribution is -2.30. The molecule has 0 radical (unpaired) electrons. The first kappa shape index (κ1) is 15.2. The summed E-state index contributed by atoms with van der Waals surface area (Å²) < 4.78 is 39.1. The third-order valence-electron chi connectivity index (χ3n) is 3.45. The van der Waals surface area contributed by atoms with Crippen LogP contribution in [0.1, 0.15) is 37.8 Å². The number of alkyl halides is 3. The molecular weight excluding hydrogens is 267 g/mol. The lowest BCUT2D eigenvalue weighted by Gasteiger charge is -2.28. The summed E-state index contributed by atoms with van der Waals surface area (Å²) in [7, 11) is 0. The molecule has 0 saturated heterocycles. The van der Waals surface area contributed by atoms with Crippen LogP contribution in [-0.2, 0) is 12.8 Å². The molecule has 0 aromatic heterocycles. The molecule has 2 nitrogen and oxygen atoms in total. The van der Waals surface area contributed by atoms with Gasteiger partial charge in [0.2, 0.25) is 0 Å². The van der Waals surface area contributed by atoms with Crippen molar-refractivity contribution in [2.45, 2.75) is 45.5 Å². The number of benzene rings is 1. The molecule has 0 atom stereocenters. The molecule has 0 heterocycles. The molecule has 1 saturated carbocycles. The predicted molar refractivity (Wildman–Crippen MR) is 72.6 cm³/mol. The largest absolute Gasteiger partial charge is 0.416 e. The molecule has 1 aromatic rings. The van der Waals surface area contributed by atoms with Gasteiger partial charge in [0, 0.05) is 18.3 Å². The molecule has 1 aromatic carbocycles. The minimum Gasteiger partial charge on any atom is -0.392 e. The second kappa shape index (κ2) is 5.64. The number of halogens is 3. The standard InChI is InChI=1S/C15H20F3NO/c1-10(2)8-19(12-5-6-12)13-4-3-11(9-20)14(7-13)15(16,17)18/h3-4,7,10,12,20H,5-6,8-9H2,1-2H3. The Morgan fingerprint density at radius 2 is 1.95 bits per heavy atom. The fourth-order valence-corrected chi connectivity index (χ4v) is 2.39. The molecule has 2 rings (SSSR count). The van der Waals surface area contributed by atoms with E-state index in [4.69, 9.17) is 5.11 Å². The lowest BCUT2D eigenvalue weighted by molar-refractivity contribution is -0.138. The van der Waals surface area contributed by atoms with Crippen molar-refractivity contribution >= 4 is 5.69 Å². The number of aliphatic hydroxyl groups is 1. The van der Waals surface area contributed by atoms with Crippen LogP contribution in [0, 0.1) is 5.92 Å². The van der Waals surface area contributed by atoms with E-state index in [-0.39, 0.29) is 5.56 Å². The quantitative estimate of drug-likeness (QED) is 0.890. The van der Waals surface area contributed by atoms with Gasteiger partial charge in [-0.1, -0.05) is 19.9 Å². The van der Waals surface area contributed by atoms with Gasteiger partial charge in [0.25, 0.3) is 0 Å². The molecule has 0 spiro atoms. The van der Waals surface area contributed by atoms with Crippen LogP contribution < -0.4 is 4.90 Å². The van der Waals surface area contributed by atoms with E-state index < -0.39 is 18.3 Å². The van der Waals surface area contributed by atoms with Crippen LogP contribution in [0.5, 0.6) is 0 Å². The number of anilines is 1. The van der Waals surface area contributed by atoms with Crippen molar-refractivity contribution in [2.24, 2.45) is 5.92 Å². The number of aliphatic hydroxyl groups excluding tert-OH is 1. The van der Waals surface area contributed by atoms with Crippen LogP contribution in [0.2, 0.25) is 0 Å². The molecule has 0 unspecified atom stereocenters. The summed E-state index contributed by atoms with van der Waals surface area (Å²) in [6.45, 7) is 4.27. The lowest BCUT2D eigenvalue weighted by atomic mass is 10.1. The Morgan fingerprint density at radius 3 is 2.40 bits per heavy atom. The van der Waals surface area contributed by atoms with Crippen molar-refractivity contribution < 1.29 is 18.3 Å². The fourth-order valence-electron chi connectivity index (χ4n) is 2.39. The van der Waals surface area contributed by atoms with Crippen LogP contribution in [-0.4, -0.2) is 17.7 Å². The van der Waals surface area contributed by atoms with E-state index >= 15 is 0 Å². The van der Waals surface area contributed by atoms with Gasteiger partial charge in [0.15, 0.2) is 0 Å². The molecule has 0 bridgehead atoms. The molecule has 1 aliphatic carbocycles. The Hall–Kier alpha value is -1.23. The zero-order valence-corrected chi connectivity index (χ0v) is 11.7. The zero-order chi connectivity index (χ0) is 14.9. The molecule has 1 fully saturated rings. The van der Waals surface area contributed by atoms with Gasteiger partial charge in [0.05, 0.1) is 12.2 Å². The van der Waals surface area contributed by atoms with Crippen LogP contribution >= 0.6 is 0 Å². The highest BCUT2D eigenvalue weighted by molar-refractivity contribution is 5.53. The Labute approximate surface area is 117 Å². The molecule has 0 amide bonds. The summed E-state index contributed by atoms with van der Waals surface area (Å²) in [6, 6.07) is 4.60. The smallest absolute Gasteiger partial charge is 0.392 e. The summed E-state index contributed by atoms with van der Waals surface area (Å²) >= 11 is 0. The second-order valence-corrected chi connectivity index (χ2v) is 5.77. The summed E-state index contributed by atoms with van der Waals surface area (Å²) in [6.07, 6.45) is -2.35. The van der Waals surface area contributed by atoms with Gasteiger partial charge in [-0.2, -0.15) is 13.2 Å². The van der Waals surface area contributed by atoms with Gasteiger partial charge in [0.1, 0.15) is 0 Å². The van der Waals surface area contributed by atoms with Gasteiger partial charge in [-0.3, -0.25) is 0 Å². The third kappa shape index (κ3) is 3.45. The molecule has 20 heavy (non-hydrogen) atoms. The van der Waals surface area contributed by atoms with Crippen LogP contribution in [0.25, 0.3) is 0 Å². The number of nitrogens with zero attached hydrogens (tertiary/aromatic N) is 1. The first-order valence-electron chi connectivity index (χ1n) is 6.90. The maximum Gasteiger partial charge on any atom is 0.416 e. The van der Waals surface area contributed by atoms with E-state index in [9.17, 15) is 13.2 Å². The van der Waals surface area contributed by atoms with Gasteiger partial charge in [-0.25, -0.2) is 0 Å². The van der Waals surface area contributed by atoms with Gasteiger partial charge in [-0.05, 0) is 36.5 Å². The average Bonchev–Trinajstić information content (AvgIpc) is 3.18. The van der Waals surface area contributed by atoms with E-state index in [1.807, 2.05) is 0 Å². The number of hydrogen-bond acceptors (Lipinski definition) is 2. The summed E-state index contributed by atoms with van der Waals surface area (Å²) in [5, 5.41) is 9.06.